The lowest BCUT2D eigenvalue weighted by Crippen LogP contribution is -2.35. The molecular weight excluding hydrogens is 562 g/mol. The predicted octanol–water partition coefficient (Wildman–Crippen LogP) is 8.55. The number of benzene rings is 4. The molecule has 0 spiro atoms. The van der Waals surface area contributed by atoms with Crippen molar-refractivity contribution in [2.24, 2.45) is 0 Å². The van der Waals surface area contributed by atoms with Gasteiger partial charge in [-0.15, -0.1) is 10.2 Å². The highest BCUT2D eigenvalue weighted by Gasteiger charge is 2.26. The zero-order valence-corrected chi connectivity index (χ0v) is 25.8. The van der Waals surface area contributed by atoms with Crippen molar-refractivity contribution in [1.82, 2.24) is 20.1 Å². The summed E-state index contributed by atoms with van der Waals surface area (Å²) in [5.74, 6) is 1.36. The normalized spacial score (nSPS) is 11.7. The second-order valence-electron chi connectivity index (χ2n) is 10.5. The molecule has 0 radical (unpaired) electrons. The van der Waals surface area contributed by atoms with Crippen molar-refractivity contribution in [3.8, 4) is 5.69 Å². The number of para-hydroxylation sites is 1. The Morgan fingerprint density at radius 2 is 1.55 bits per heavy atom. The maximum absolute atomic E-state index is 13.5. The number of nitrogens with zero attached hydrogens (tertiary/aromatic N) is 3. The number of carbonyl (C=O) groups is 1. The van der Waals surface area contributed by atoms with Gasteiger partial charge < -0.3 is 10.6 Å². The van der Waals surface area contributed by atoms with Gasteiger partial charge in [-0.25, -0.2) is 4.79 Å². The van der Waals surface area contributed by atoms with Crippen LogP contribution in [0.15, 0.2) is 96.2 Å². The molecule has 0 aliphatic heterocycles. The molecule has 42 heavy (non-hydrogen) atoms. The minimum atomic E-state index is -0.476. The fourth-order valence-corrected chi connectivity index (χ4v) is 6.04. The molecule has 0 saturated heterocycles. The summed E-state index contributed by atoms with van der Waals surface area (Å²) in [6.45, 7) is 8.10. The molecule has 6 nitrogen and oxygen atoms in total. The number of nitrogens with one attached hydrogen (secondary N) is 2. The Morgan fingerprint density at radius 1 is 0.833 bits per heavy atom. The molecule has 0 aliphatic carbocycles. The molecule has 5 rings (SSSR count). The Labute approximate surface area is 256 Å². The van der Waals surface area contributed by atoms with E-state index in [1.165, 1.54) is 11.1 Å². The number of carbonyl (C=O) groups excluding carboxylic acids is 1. The third-order valence-electron chi connectivity index (χ3n) is 7.14. The van der Waals surface area contributed by atoms with Crippen LogP contribution in [0, 0.1) is 27.7 Å². The first-order valence-electron chi connectivity index (χ1n) is 13.9. The molecule has 1 aromatic heterocycles. The van der Waals surface area contributed by atoms with E-state index in [4.69, 9.17) is 16.7 Å². The molecular formula is C34H34ClN5OS. The molecule has 0 fully saturated rings. The number of amides is 2. The standard InChI is InChI=1S/C34H34ClN5OS/c1-22-10-8-15-27(18-22)21-42-34-39-38-32(40(34)30-20-28(35)17-16-23(30)2)29(19-26-13-6-5-7-14-26)36-33(41)37-31-24(3)11-9-12-25(31)4/h5-18,20,29H,19,21H2,1-4H3,(H2,36,37,41). The van der Waals surface area contributed by atoms with Crippen LogP contribution in [0.4, 0.5) is 10.5 Å². The van der Waals surface area contributed by atoms with Gasteiger partial charge >= 0.3 is 6.03 Å². The van der Waals surface area contributed by atoms with Gasteiger partial charge in [-0.2, -0.15) is 0 Å². The molecule has 0 saturated carbocycles. The maximum Gasteiger partial charge on any atom is 0.319 e. The maximum atomic E-state index is 13.5. The van der Waals surface area contributed by atoms with Crippen LogP contribution in [0.5, 0.6) is 0 Å². The lowest BCUT2D eigenvalue weighted by Gasteiger charge is -2.22. The first-order valence-corrected chi connectivity index (χ1v) is 15.2. The number of thioether (sulfide) groups is 1. The smallest absolute Gasteiger partial charge is 0.319 e. The number of urea groups is 1. The summed E-state index contributed by atoms with van der Waals surface area (Å²) in [7, 11) is 0. The number of rotatable bonds is 9. The minimum Gasteiger partial charge on any atom is -0.327 e. The number of anilines is 1. The van der Waals surface area contributed by atoms with Gasteiger partial charge in [-0.1, -0.05) is 108 Å². The Kier molecular flexibility index (Phi) is 9.30. The van der Waals surface area contributed by atoms with Gasteiger partial charge in [0.1, 0.15) is 0 Å². The molecule has 1 heterocycles. The first kappa shape index (κ1) is 29.4. The topological polar surface area (TPSA) is 71.8 Å². The van der Waals surface area contributed by atoms with Crippen molar-refractivity contribution in [1.29, 1.82) is 0 Å². The van der Waals surface area contributed by atoms with Crippen molar-refractivity contribution in [3.63, 3.8) is 0 Å². The summed E-state index contributed by atoms with van der Waals surface area (Å²) < 4.78 is 2.04. The third-order valence-corrected chi connectivity index (χ3v) is 8.38. The van der Waals surface area contributed by atoms with Gasteiger partial charge in [0.2, 0.25) is 0 Å². The van der Waals surface area contributed by atoms with Crippen molar-refractivity contribution in [3.05, 3.63) is 135 Å². The molecule has 0 aliphatic rings. The largest absolute Gasteiger partial charge is 0.327 e. The third kappa shape index (κ3) is 7.04. The van der Waals surface area contributed by atoms with E-state index in [1.807, 2.05) is 79.9 Å². The van der Waals surface area contributed by atoms with E-state index in [2.05, 4.69) is 59.1 Å². The molecule has 2 N–H and O–H groups in total. The Hall–Kier alpha value is -4.07. The fraction of sp³-hybridized carbons (Fsp3) is 0.206. The van der Waals surface area contributed by atoms with Crippen LogP contribution in [0.2, 0.25) is 5.02 Å². The second kappa shape index (κ2) is 13.3. The van der Waals surface area contributed by atoms with Crippen LogP contribution in [0.3, 0.4) is 0 Å². The SMILES string of the molecule is Cc1cccc(CSc2nnc(C(Cc3ccccc3)NC(=O)Nc3c(C)cccc3C)n2-c2cc(Cl)ccc2C)c1. The van der Waals surface area contributed by atoms with Crippen LogP contribution in [-0.2, 0) is 12.2 Å². The Bertz CT molecular complexity index is 1680. The number of aryl methyl sites for hydroxylation is 4. The van der Waals surface area contributed by atoms with E-state index < -0.39 is 6.04 Å². The Morgan fingerprint density at radius 3 is 2.29 bits per heavy atom. The number of hydrogen-bond donors (Lipinski definition) is 2. The van der Waals surface area contributed by atoms with Crippen LogP contribution >= 0.6 is 23.4 Å². The average molecular weight is 596 g/mol. The summed E-state index contributed by atoms with van der Waals surface area (Å²) in [4.78, 5) is 13.5. The van der Waals surface area contributed by atoms with Gasteiger partial charge in [0.05, 0.1) is 11.7 Å². The number of halogens is 1. The lowest BCUT2D eigenvalue weighted by atomic mass is 10.0. The molecule has 1 unspecified atom stereocenters. The lowest BCUT2D eigenvalue weighted by molar-refractivity contribution is 0.247. The summed E-state index contributed by atoms with van der Waals surface area (Å²) >= 11 is 8.11. The van der Waals surface area contributed by atoms with E-state index in [0.29, 0.717) is 17.3 Å². The molecule has 214 valence electrons. The first-order chi connectivity index (χ1) is 20.3. The van der Waals surface area contributed by atoms with Crippen LogP contribution < -0.4 is 10.6 Å². The van der Waals surface area contributed by atoms with Gasteiger partial charge in [0, 0.05) is 22.9 Å². The zero-order chi connectivity index (χ0) is 29.6. The highest BCUT2D eigenvalue weighted by atomic mass is 35.5. The van der Waals surface area contributed by atoms with Crippen LogP contribution in [-0.4, -0.2) is 20.8 Å². The second-order valence-corrected chi connectivity index (χ2v) is 11.9. The molecule has 5 aromatic rings. The quantitative estimate of drug-likeness (QED) is 0.167. The van der Waals surface area contributed by atoms with E-state index in [-0.39, 0.29) is 6.03 Å². The molecule has 4 aromatic carbocycles. The highest BCUT2D eigenvalue weighted by molar-refractivity contribution is 7.98. The molecule has 0 bridgehead atoms. The average Bonchev–Trinajstić information content (AvgIpc) is 3.39. The highest BCUT2D eigenvalue weighted by Crippen LogP contribution is 2.32. The zero-order valence-electron chi connectivity index (χ0n) is 24.2. The molecule has 8 heteroatoms. The summed E-state index contributed by atoms with van der Waals surface area (Å²) in [6, 6.07) is 29.5. The minimum absolute atomic E-state index is 0.306. The van der Waals surface area contributed by atoms with Crippen LogP contribution in [0.1, 0.15) is 45.2 Å². The van der Waals surface area contributed by atoms with Crippen molar-refractivity contribution < 1.29 is 4.79 Å². The summed E-state index contributed by atoms with van der Waals surface area (Å²) in [5.41, 5.74) is 8.18. The summed E-state index contributed by atoms with van der Waals surface area (Å²) in [6.07, 6.45) is 0.529. The predicted molar refractivity (Wildman–Crippen MR) is 173 cm³/mol. The fourth-order valence-electron chi connectivity index (χ4n) is 4.98. The van der Waals surface area contributed by atoms with E-state index in [9.17, 15) is 4.79 Å². The molecule has 1 atom stereocenters. The van der Waals surface area contributed by atoms with E-state index in [1.54, 1.807) is 11.8 Å². The van der Waals surface area contributed by atoms with Gasteiger partial charge in [-0.05, 0) is 67.6 Å². The number of hydrogen-bond acceptors (Lipinski definition) is 4. The Balaban J connectivity index is 1.55. The molecule has 2 amide bonds. The van der Waals surface area contributed by atoms with Crippen molar-refractivity contribution in [2.45, 2.75) is 51.1 Å². The van der Waals surface area contributed by atoms with Crippen molar-refractivity contribution in [2.75, 3.05) is 5.32 Å². The van der Waals surface area contributed by atoms with Gasteiger partial charge in [-0.3, -0.25) is 4.57 Å². The summed E-state index contributed by atoms with van der Waals surface area (Å²) in [5, 5.41) is 17.0. The number of aromatic nitrogens is 3. The van der Waals surface area contributed by atoms with E-state index >= 15 is 0 Å². The van der Waals surface area contributed by atoms with Gasteiger partial charge in [0.15, 0.2) is 11.0 Å². The van der Waals surface area contributed by atoms with Gasteiger partial charge in [0.25, 0.3) is 0 Å². The monoisotopic (exact) mass is 595 g/mol. The van der Waals surface area contributed by atoms with Crippen LogP contribution in [0.25, 0.3) is 5.69 Å². The van der Waals surface area contributed by atoms with E-state index in [0.717, 1.165) is 44.5 Å². The van der Waals surface area contributed by atoms with Crippen molar-refractivity contribution >= 4 is 35.1 Å².